The maximum atomic E-state index is 4.60. The molecule has 0 saturated carbocycles. The van der Waals surface area contributed by atoms with Crippen LogP contribution >= 0.6 is 0 Å². The van der Waals surface area contributed by atoms with Crippen LogP contribution in [0.25, 0.3) is 0 Å². The summed E-state index contributed by atoms with van der Waals surface area (Å²) in [6.45, 7) is 8.69. The molecule has 0 aliphatic carbocycles. The van der Waals surface area contributed by atoms with E-state index in [0.29, 0.717) is 0 Å². The highest BCUT2D eigenvalue weighted by Crippen LogP contribution is 2.24. The molecule has 0 amide bonds. The molecule has 1 saturated heterocycles. The molecule has 1 aromatic carbocycles. The van der Waals surface area contributed by atoms with Gasteiger partial charge in [0.1, 0.15) is 0 Å². The fourth-order valence-electron chi connectivity index (χ4n) is 2.78. The average Bonchev–Trinajstić information content (AvgIpc) is 2.56. The maximum absolute atomic E-state index is 4.60. The summed E-state index contributed by atoms with van der Waals surface area (Å²) < 4.78 is 0. The minimum atomic E-state index is 0.163. The van der Waals surface area contributed by atoms with E-state index in [4.69, 9.17) is 0 Å². The van der Waals surface area contributed by atoms with Crippen molar-refractivity contribution in [2.75, 3.05) is 23.3 Å². The predicted octanol–water partition coefficient (Wildman–Crippen LogP) is 3.90. The third-order valence-electron chi connectivity index (χ3n) is 4.21. The molecule has 3 rings (SSSR count). The summed E-state index contributed by atoms with van der Waals surface area (Å²) in [6.07, 6.45) is 5.37. The van der Waals surface area contributed by atoms with Crippen LogP contribution < -0.4 is 10.2 Å². The summed E-state index contributed by atoms with van der Waals surface area (Å²) in [5.74, 6) is 1.46. The lowest BCUT2D eigenvalue weighted by Gasteiger charge is -2.26. The lowest BCUT2D eigenvalue weighted by Crippen LogP contribution is -2.31. The summed E-state index contributed by atoms with van der Waals surface area (Å²) in [4.78, 5) is 6.82. The van der Waals surface area contributed by atoms with Crippen molar-refractivity contribution < 1.29 is 0 Å². The number of hydrogen-bond acceptors (Lipinski definition) is 5. The summed E-state index contributed by atoms with van der Waals surface area (Å²) in [7, 11) is 0. The minimum Gasteiger partial charge on any atom is -0.339 e. The Hall–Kier alpha value is -2.17. The summed E-state index contributed by atoms with van der Waals surface area (Å²) in [5, 5.41) is 11.6. The van der Waals surface area contributed by atoms with Crippen LogP contribution in [0.3, 0.4) is 0 Å². The molecule has 122 valence electrons. The molecule has 1 N–H and O–H groups in total. The summed E-state index contributed by atoms with van der Waals surface area (Å²) in [5.41, 5.74) is 2.50. The summed E-state index contributed by atoms with van der Waals surface area (Å²) >= 11 is 0. The molecular formula is C18H25N5. The van der Waals surface area contributed by atoms with Gasteiger partial charge in [0.2, 0.25) is 5.95 Å². The van der Waals surface area contributed by atoms with Gasteiger partial charge in [-0.3, -0.25) is 0 Å². The standard InChI is InChI=1S/C18H25N5/c1-18(2,3)14-7-9-15(10-8-14)20-16-13-19-22-17(21-16)23-11-5-4-6-12-23/h7-10,13H,4-6,11-12H2,1-3H3,(H,20,21,22). The van der Waals surface area contributed by atoms with Gasteiger partial charge in [-0.15, -0.1) is 5.10 Å². The van der Waals surface area contributed by atoms with Crippen LogP contribution in [0, 0.1) is 0 Å². The Kier molecular flexibility index (Phi) is 4.46. The largest absolute Gasteiger partial charge is 0.339 e. The van der Waals surface area contributed by atoms with E-state index in [-0.39, 0.29) is 5.41 Å². The molecule has 5 heteroatoms. The van der Waals surface area contributed by atoms with Gasteiger partial charge in [0, 0.05) is 18.8 Å². The van der Waals surface area contributed by atoms with E-state index in [2.05, 4.69) is 70.4 Å². The highest BCUT2D eigenvalue weighted by molar-refractivity contribution is 5.57. The number of anilines is 3. The number of hydrogen-bond donors (Lipinski definition) is 1. The van der Waals surface area contributed by atoms with E-state index in [1.54, 1.807) is 6.20 Å². The van der Waals surface area contributed by atoms with Crippen molar-refractivity contribution in [2.24, 2.45) is 0 Å². The third-order valence-corrected chi connectivity index (χ3v) is 4.21. The van der Waals surface area contributed by atoms with Crippen molar-refractivity contribution in [1.29, 1.82) is 0 Å². The van der Waals surface area contributed by atoms with Crippen LogP contribution in [0.2, 0.25) is 0 Å². The zero-order valence-electron chi connectivity index (χ0n) is 14.2. The fourth-order valence-corrected chi connectivity index (χ4v) is 2.78. The van der Waals surface area contributed by atoms with E-state index < -0.39 is 0 Å². The number of piperidine rings is 1. The molecule has 2 aromatic rings. The van der Waals surface area contributed by atoms with Crippen molar-refractivity contribution in [1.82, 2.24) is 15.2 Å². The molecule has 0 radical (unpaired) electrons. The zero-order valence-corrected chi connectivity index (χ0v) is 14.2. The van der Waals surface area contributed by atoms with Gasteiger partial charge < -0.3 is 10.2 Å². The van der Waals surface area contributed by atoms with Crippen molar-refractivity contribution in [3.8, 4) is 0 Å². The van der Waals surface area contributed by atoms with Gasteiger partial charge in [-0.25, -0.2) is 0 Å². The lowest BCUT2D eigenvalue weighted by atomic mass is 9.87. The Bertz CT molecular complexity index is 639. The second-order valence-corrected chi connectivity index (χ2v) is 7.14. The molecule has 23 heavy (non-hydrogen) atoms. The first-order valence-electron chi connectivity index (χ1n) is 8.35. The van der Waals surface area contributed by atoms with Crippen LogP contribution in [0.5, 0.6) is 0 Å². The van der Waals surface area contributed by atoms with E-state index in [9.17, 15) is 0 Å². The molecule has 2 heterocycles. The molecule has 5 nitrogen and oxygen atoms in total. The number of benzene rings is 1. The van der Waals surface area contributed by atoms with E-state index in [0.717, 1.165) is 30.5 Å². The van der Waals surface area contributed by atoms with Crippen LogP contribution in [0.1, 0.15) is 45.6 Å². The molecule has 0 unspecified atom stereocenters. The topological polar surface area (TPSA) is 53.9 Å². The number of aromatic nitrogens is 3. The highest BCUT2D eigenvalue weighted by atomic mass is 15.3. The first-order chi connectivity index (χ1) is 11.0. The van der Waals surface area contributed by atoms with E-state index in [1.807, 2.05) is 0 Å². The lowest BCUT2D eigenvalue weighted by molar-refractivity contribution is 0.565. The van der Waals surface area contributed by atoms with Gasteiger partial charge in [0.05, 0.1) is 6.20 Å². The normalized spacial score (nSPS) is 15.5. The molecule has 0 atom stereocenters. The molecule has 0 spiro atoms. The Balaban J connectivity index is 1.72. The SMILES string of the molecule is CC(C)(C)c1ccc(Nc2cnnc(N3CCCCC3)n2)cc1. The Labute approximate surface area is 138 Å². The Morgan fingerprint density at radius 1 is 1.00 bits per heavy atom. The quantitative estimate of drug-likeness (QED) is 0.931. The van der Waals surface area contributed by atoms with Gasteiger partial charge >= 0.3 is 0 Å². The fraction of sp³-hybridized carbons (Fsp3) is 0.500. The monoisotopic (exact) mass is 311 g/mol. The van der Waals surface area contributed by atoms with Crippen LogP contribution in [0.15, 0.2) is 30.5 Å². The average molecular weight is 311 g/mol. The molecular weight excluding hydrogens is 286 g/mol. The first kappa shape index (κ1) is 15.7. The summed E-state index contributed by atoms with van der Waals surface area (Å²) in [6, 6.07) is 8.48. The van der Waals surface area contributed by atoms with Crippen LogP contribution in [-0.4, -0.2) is 28.3 Å². The van der Waals surface area contributed by atoms with Crippen molar-refractivity contribution in [2.45, 2.75) is 45.4 Å². The van der Waals surface area contributed by atoms with E-state index >= 15 is 0 Å². The first-order valence-corrected chi connectivity index (χ1v) is 8.35. The van der Waals surface area contributed by atoms with Crippen LogP contribution in [-0.2, 0) is 5.41 Å². The maximum Gasteiger partial charge on any atom is 0.247 e. The Morgan fingerprint density at radius 2 is 1.70 bits per heavy atom. The van der Waals surface area contributed by atoms with Gasteiger partial charge in [-0.05, 0) is 42.4 Å². The van der Waals surface area contributed by atoms with Crippen LogP contribution in [0.4, 0.5) is 17.5 Å². The smallest absolute Gasteiger partial charge is 0.247 e. The zero-order chi connectivity index (χ0) is 16.3. The number of nitrogens with one attached hydrogen (secondary N) is 1. The minimum absolute atomic E-state index is 0.163. The van der Waals surface area contributed by atoms with Gasteiger partial charge in [0.25, 0.3) is 0 Å². The molecule has 0 bridgehead atoms. The third kappa shape index (κ3) is 3.97. The predicted molar refractivity (Wildman–Crippen MR) is 94.3 cm³/mol. The highest BCUT2D eigenvalue weighted by Gasteiger charge is 2.15. The van der Waals surface area contributed by atoms with Gasteiger partial charge in [-0.1, -0.05) is 32.9 Å². The molecule has 1 aromatic heterocycles. The van der Waals surface area contributed by atoms with Gasteiger partial charge in [0.15, 0.2) is 5.82 Å². The van der Waals surface area contributed by atoms with Crippen molar-refractivity contribution in [3.05, 3.63) is 36.0 Å². The molecule has 1 aliphatic heterocycles. The van der Waals surface area contributed by atoms with E-state index in [1.165, 1.54) is 24.8 Å². The Morgan fingerprint density at radius 3 is 2.35 bits per heavy atom. The molecule has 1 fully saturated rings. The number of nitrogens with zero attached hydrogens (tertiary/aromatic N) is 4. The molecule has 1 aliphatic rings. The van der Waals surface area contributed by atoms with Crippen molar-refractivity contribution >= 4 is 17.5 Å². The van der Waals surface area contributed by atoms with Crippen molar-refractivity contribution in [3.63, 3.8) is 0 Å². The second kappa shape index (κ2) is 6.52. The second-order valence-electron chi connectivity index (χ2n) is 7.14. The van der Waals surface area contributed by atoms with Gasteiger partial charge in [-0.2, -0.15) is 10.1 Å². The number of rotatable bonds is 3.